The molecule has 0 aliphatic rings. The Hall–Kier alpha value is -0.940. The first-order valence-electron chi connectivity index (χ1n) is 5.62. The van der Waals surface area contributed by atoms with Crippen LogP contribution >= 0.6 is 22.9 Å². The first-order valence-corrected chi connectivity index (χ1v) is 6.88. The van der Waals surface area contributed by atoms with Crippen molar-refractivity contribution in [3.63, 3.8) is 0 Å². The van der Waals surface area contributed by atoms with Gasteiger partial charge < -0.3 is 11.1 Å². The molecule has 0 amide bonds. The number of nitrogens with one attached hydrogen (secondary N) is 1. The van der Waals surface area contributed by atoms with Crippen molar-refractivity contribution in [1.29, 1.82) is 0 Å². The van der Waals surface area contributed by atoms with E-state index >= 15 is 0 Å². The lowest BCUT2D eigenvalue weighted by Crippen LogP contribution is -2.28. The van der Waals surface area contributed by atoms with Crippen molar-refractivity contribution >= 4 is 22.9 Å². The summed E-state index contributed by atoms with van der Waals surface area (Å²) in [5.41, 5.74) is 6.21. The van der Waals surface area contributed by atoms with Crippen LogP contribution in [0.1, 0.15) is 16.5 Å². The van der Waals surface area contributed by atoms with Crippen LogP contribution in [0.15, 0.2) is 35.7 Å². The Morgan fingerprint density at radius 3 is 2.83 bits per heavy atom. The van der Waals surface area contributed by atoms with E-state index in [1.807, 2.05) is 17.5 Å². The average Bonchev–Trinajstić information content (AvgIpc) is 2.88. The van der Waals surface area contributed by atoms with E-state index in [1.54, 1.807) is 23.5 Å². The van der Waals surface area contributed by atoms with E-state index in [4.69, 9.17) is 17.3 Å². The molecule has 2 nitrogen and oxygen atoms in total. The predicted octanol–water partition coefficient (Wildman–Crippen LogP) is 3.33. The van der Waals surface area contributed by atoms with Gasteiger partial charge in [-0.15, -0.1) is 11.3 Å². The molecule has 0 spiro atoms. The van der Waals surface area contributed by atoms with E-state index in [0.29, 0.717) is 18.7 Å². The fraction of sp³-hybridized carbons (Fsp3) is 0.231. The Kier molecular flexibility index (Phi) is 4.72. The molecule has 1 atom stereocenters. The molecule has 18 heavy (non-hydrogen) atoms. The minimum absolute atomic E-state index is 0.129. The summed E-state index contributed by atoms with van der Waals surface area (Å²) in [6.07, 6.45) is 0. The van der Waals surface area contributed by atoms with Crippen molar-refractivity contribution in [2.45, 2.75) is 12.6 Å². The van der Waals surface area contributed by atoms with E-state index < -0.39 is 5.82 Å². The number of rotatable bonds is 5. The first kappa shape index (κ1) is 13.5. The zero-order chi connectivity index (χ0) is 13.0. The topological polar surface area (TPSA) is 38.0 Å². The summed E-state index contributed by atoms with van der Waals surface area (Å²) in [4.78, 5) is 1.19. The van der Waals surface area contributed by atoms with Gasteiger partial charge in [0.15, 0.2) is 0 Å². The molecular formula is C13H14ClFN2S. The highest BCUT2D eigenvalue weighted by molar-refractivity contribution is 7.09. The molecule has 0 fully saturated rings. The van der Waals surface area contributed by atoms with Gasteiger partial charge in [0, 0.05) is 29.6 Å². The molecule has 1 unspecified atom stereocenters. The van der Waals surface area contributed by atoms with Crippen LogP contribution in [0.2, 0.25) is 5.02 Å². The molecule has 5 heteroatoms. The van der Waals surface area contributed by atoms with Gasteiger partial charge in [0.1, 0.15) is 5.82 Å². The first-order chi connectivity index (χ1) is 8.72. The molecule has 1 aromatic heterocycles. The largest absolute Gasteiger partial charge is 0.329 e. The number of hydrogen-bond donors (Lipinski definition) is 2. The zero-order valence-electron chi connectivity index (χ0n) is 9.70. The van der Waals surface area contributed by atoms with Crippen molar-refractivity contribution in [3.8, 4) is 0 Å². The second-order valence-electron chi connectivity index (χ2n) is 3.89. The lowest BCUT2D eigenvalue weighted by Gasteiger charge is -2.18. The highest BCUT2D eigenvalue weighted by Crippen LogP contribution is 2.23. The van der Waals surface area contributed by atoms with Crippen LogP contribution in [-0.2, 0) is 6.54 Å². The van der Waals surface area contributed by atoms with Crippen molar-refractivity contribution in [1.82, 2.24) is 5.32 Å². The summed E-state index contributed by atoms with van der Waals surface area (Å²) in [5, 5.41) is 5.38. The molecule has 2 rings (SSSR count). The van der Waals surface area contributed by atoms with Gasteiger partial charge in [-0.3, -0.25) is 0 Å². The Labute approximate surface area is 115 Å². The number of thiophene rings is 1. The molecule has 0 aliphatic carbocycles. The molecule has 1 aromatic carbocycles. The number of hydrogen-bond acceptors (Lipinski definition) is 3. The van der Waals surface area contributed by atoms with E-state index in [2.05, 4.69) is 5.32 Å². The van der Waals surface area contributed by atoms with Gasteiger partial charge >= 0.3 is 0 Å². The summed E-state index contributed by atoms with van der Waals surface area (Å²) in [6.45, 7) is 0.994. The third kappa shape index (κ3) is 3.09. The maximum absolute atomic E-state index is 13.9. The minimum Gasteiger partial charge on any atom is -0.329 e. The quantitative estimate of drug-likeness (QED) is 0.884. The van der Waals surface area contributed by atoms with E-state index in [9.17, 15) is 4.39 Å². The monoisotopic (exact) mass is 284 g/mol. The van der Waals surface area contributed by atoms with Gasteiger partial charge in [-0.1, -0.05) is 29.8 Å². The van der Waals surface area contributed by atoms with Crippen LogP contribution in [0.4, 0.5) is 4.39 Å². The fourth-order valence-electron chi connectivity index (χ4n) is 1.75. The van der Waals surface area contributed by atoms with Crippen molar-refractivity contribution in [3.05, 3.63) is 57.0 Å². The van der Waals surface area contributed by atoms with Gasteiger partial charge in [0.25, 0.3) is 0 Å². The molecule has 1 heterocycles. The second-order valence-corrected chi connectivity index (χ2v) is 5.33. The van der Waals surface area contributed by atoms with Crippen LogP contribution in [0.5, 0.6) is 0 Å². The highest BCUT2D eigenvalue weighted by atomic mass is 35.5. The normalized spacial score (nSPS) is 12.6. The van der Waals surface area contributed by atoms with E-state index in [-0.39, 0.29) is 11.1 Å². The molecule has 0 radical (unpaired) electrons. The maximum Gasteiger partial charge on any atom is 0.146 e. The van der Waals surface area contributed by atoms with Crippen molar-refractivity contribution < 1.29 is 4.39 Å². The SMILES string of the molecule is NCC(NCc1cccs1)c1cccc(Cl)c1F. The molecule has 96 valence electrons. The molecule has 3 N–H and O–H groups in total. The number of nitrogens with two attached hydrogens (primary N) is 1. The third-order valence-corrected chi connectivity index (χ3v) is 3.86. The maximum atomic E-state index is 13.9. The summed E-state index contributed by atoms with van der Waals surface area (Å²) < 4.78 is 13.9. The van der Waals surface area contributed by atoms with Crippen molar-refractivity contribution in [2.75, 3.05) is 6.54 Å². The van der Waals surface area contributed by atoms with Crippen LogP contribution < -0.4 is 11.1 Å². The number of benzene rings is 1. The second kappa shape index (κ2) is 6.29. The summed E-state index contributed by atoms with van der Waals surface area (Å²) in [5.74, 6) is -0.395. The fourth-order valence-corrected chi connectivity index (χ4v) is 2.58. The summed E-state index contributed by atoms with van der Waals surface area (Å²) in [7, 11) is 0. The van der Waals surface area contributed by atoms with Crippen LogP contribution in [0.3, 0.4) is 0 Å². The van der Waals surface area contributed by atoms with Gasteiger partial charge in [0.2, 0.25) is 0 Å². The van der Waals surface area contributed by atoms with Gasteiger partial charge in [-0.2, -0.15) is 0 Å². The van der Waals surface area contributed by atoms with Gasteiger partial charge in [0.05, 0.1) is 5.02 Å². The lowest BCUT2D eigenvalue weighted by molar-refractivity contribution is 0.508. The van der Waals surface area contributed by atoms with Crippen LogP contribution in [0, 0.1) is 5.82 Å². The Balaban J connectivity index is 2.10. The van der Waals surface area contributed by atoms with E-state index in [0.717, 1.165) is 0 Å². The summed E-state index contributed by atoms with van der Waals surface area (Å²) in [6, 6.07) is 8.76. The minimum atomic E-state index is -0.395. The third-order valence-electron chi connectivity index (χ3n) is 2.70. The highest BCUT2D eigenvalue weighted by Gasteiger charge is 2.15. The van der Waals surface area contributed by atoms with Gasteiger partial charge in [-0.25, -0.2) is 4.39 Å². The van der Waals surface area contributed by atoms with Gasteiger partial charge in [-0.05, 0) is 17.5 Å². The Morgan fingerprint density at radius 2 is 2.17 bits per heavy atom. The lowest BCUT2D eigenvalue weighted by atomic mass is 10.1. The molecule has 0 aliphatic heterocycles. The molecule has 2 aromatic rings. The molecule has 0 saturated carbocycles. The predicted molar refractivity (Wildman–Crippen MR) is 74.4 cm³/mol. The zero-order valence-corrected chi connectivity index (χ0v) is 11.3. The van der Waals surface area contributed by atoms with Crippen LogP contribution in [-0.4, -0.2) is 6.54 Å². The van der Waals surface area contributed by atoms with Crippen LogP contribution in [0.25, 0.3) is 0 Å². The Morgan fingerprint density at radius 1 is 1.33 bits per heavy atom. The average molecular weight is 285 g/mol. The van der Waals surface area contributed by atoms with Crippen molar-refractivity contribution in [2.24, 2.45) is 5.73 Å². The molecular weight excluding hydrogens is 271 g/mol. The summed E-state index contributed by atoms with van der Waals surface area (Å²) >= 11 is 7.43. The smallest absolute Gasteiger partial charge is 0.146 e. The standard InChI is InChI=1S/C13H14ClFN2S/c14-11-5-1-4-10(13(11)15)12(7-16)17-8-9-3-2-6-18-9/h1-6,12,17H,7-8,16H2. The molecule has 0 saturated heterocycles. The molecule has 0 bridgehead atoms. The Bertz CT molecular complexity index is 502. The van der Waals surface area contributed by atoms with E-state index in [1.165, 1.54) is 10.9 Å². The number of halogens is 2.